The molecule has 0 saturated carbocycles. The van der Waals surface area contributed by atoms with Crippen molar-refractivity contribution in [2.45, 2.75) is 36.8 Å². The predicted molar refractivity (Wildman–Crippen MR) is 106 cm³/mol. The van der Waals surface area contributed by atoms with E-state index in [-0.39, 0.29) is 10.6 Å². The van der Waals surface area contributed by atoms with Crippen LogP contribution in [0.2, 0.25) is 0 Å². The van der Waals surface area contributed by atoms with Gasteiger partial charge < -0.3 is 14.2 Å². The Morgan fingerprint density at radius 3 is 2.56 bits per heavy atom. The lowest BCUT2D eigenvalue weighted by Gasteiger charge is -2.38. The van der Waals surface area contributed by atoms with Gasteiger partial charge in [0.2, 0.25) is 10.0 Å². The number of fused-ring (bicyclic) bond motifs is 1. The maximum atomic E-state index is 13.1. The highest BCUT2D eigenvalue weighted by molar-refractivity contribution is 9.10. The summed E-state index contributed by atoms with van der Waals surface area (Å²) in [6, 6.07) is 9.80. The first-order valence-electron chi connectivity index (χ1n) is 8.38. The standard InChI is InChI=1S/C19H22BrNO5S/c1-19(2)11-15(14-10-13(24-3)6-8-16(14)26-19)21-27(22,23)18-9-12(20)5-7-17(18)25-4/h5-10,15,21H,11H2,1-4H3/t15-/m1/s1. The van der Waals surface area contributed by atoms with Gasteiger partial charge >= 0.3 is 0 Å². The van der Waals surface area contributed by atoms with Crippen molar-refractivity contribution in [2.75, 3.05) is 14.2 Å². The first kappa shape index (κ1) is 20.0. The molecule has 146 valence electrons. The summed E-state index contributed by atoms with van der Waals surface area (Å²) in [6.45, 7) is 3.86. The van der Waals surface area contributed by atoms with Gasteiger partial charge in [-0.15, -0.1) is 0 Å². The predicted octanol–water partition coefficient (Wildman–Crippen LogP) is 4.05. The van der Waals surface area contributed by atoms with Crippen LogP contribution in [0.15, 0.2) is 45.8 Å². The second kappa shape index (κ2) is 7.33. The van der Waals surface area contributed by atoms with Crippen LogP contribution < -0.4 is 18.9 Å². The van der Waals surface area contributed by atoms with Crippen molar-refractivity contribution in [2.24, 2.45) is 0 Å². The molecule has 1 heterocycles. The summed E-state index contributed by atoms with van der Waals surface area (Å²) in [4.78, 5) is 0.0770. The minimum atomic E-state index is -3.84. The summed E-state index contributed by atoms with van der Waals surface area (Å²) in [5.74, 6) is 1.56. The minimum absolute atomic E-state index is 0.0770. The van der Waals surface area contributed by atoms with Crippen LogP contribution in [0.3, 0.4) is 0 Å². The molecule has 3 rings (SSSR count). The number of ether oxygens (including phenoxy) is 3. The van der Waals surface area contributed by atoms with Crippen molar-refractivity contribution in [1.29, 1.82) is 0 Å². The van der Waals surface area contributed by atoms with Crippen molar-refractivity contribution in [1.82, 2.24) is 4.72 Å². The Hall–Kier alpha value is -1.77. The molecule has 0 amide bonds. The highest BCUT2D eigenvalue weighted by atomic mass is 79.9. The second-order valence-corrected chi connectivity index (χ2v) is 9.54. The molecule has 1 aliphatic heterocycles. The molecule has 0 fully saturated rings. The van der Waals surface area contributed by atoms with Gasteiger partial charge in [-0.05, 0) is 50.2 Å². The lowest BCUT2D eigenvalue weighted by molar-refractivity contribution is 0.0700. The van der Waals surface area contributed by atoms with E-state index in [2.05, 4.69) is 20.7 Å². The van der Waals surface area contributed by atoms with Gasteiger partial charge in [-0.25, -0.2) is 13.1 Å². The maximum Gasteiger partial charge on any atom is 0.244 e. The lowest BCUT2D eigenvalue weighted by Crippen LogP contribution is -2.41. The SMILES string of the molecule is COc1ccc2c(c1)[C@H](NS(=O)(=O)c1cc(Br)ccc1OC)CC(C)(C)O2. The van der Waals surface area contributed by atoms with Crippen molar-refractivity contribution < 1.29 is 22.6 Å². The Morgan fingerprint density at radius 1 is 1.15 bits per heavy atom. The maximum absolute atomic E-state index is 13.1. The third-order valence-corrected chi connectivity index (χ3v) is 6.37. The quantitative estimate of drug-likeness (QED) is 0.735. The monoisotopic (exact) mass is 455 g/mol. The van der Waals surface area contributed by atoms with Gasteiger partial charge in [0.15, 0.2) is 0 Å². The zero-order valence-corrected chi connectivity index (χ0v) is 18.0. The smallest absolute Gasteiger partial charge is 0.244 e. The van der Waals surface area contributed by atoms with Crippen LogP contribution in [0, 0.1) is 0 Å². The highest BCUT2D eigenvalue weighted by Gasteiger charge is 2.37. The van der Waals surface area contributed by atoms with Crippen LogP contribution in [-0.2, 0) is 10.0 Å². The van der Waals surface area contributed by atoms with Gasteiger partial charge in [-0.2, -0.15) is 0 Å². The van der Waals surface area contributed by atoms with Gasteiger partial charge in [-0.1, -0.05) is 15.9 Å². The van der Waals surface area contributed by atoms with Gasteiger partial charge in [0, 0.05) is 16.5 Å². The van der Waals surface area contributed by atoms with Crippen LogP contribution in [0.25, 0.3) is 0 Å². The van der Waals surface area contributed by atoms with E-state index in [1.807, 2.05) is 13.8 Å². The molecule has 1 aliphatic rings. The molecule has 0 bridgehead atoms. The molecule has 2 aromatic carbocycles. The van der Waals surface area contributed by atoms with E-state index in [0.29, 0.717) is 22.4 Å². The number of hydrogen-bond donors (Lipinski definition) is 1. The Bertz CT molecular complexity index is 959. The number of halogens is 1. The molecular formula is C19H22BrNO5S. The third kappa shape index (κ3) is 4.23. The van der Waals surface area contributed by atoms with Crippen molar-refractivity contribution in [3.05, 3.63) is 46.4 Å². The van der Waals surface area contributed by atoms with E-state index in [1.54, 1.807) is 37.4 Å². The van der Waals surface area contributed by atoms with Crippen LogP contribution in [0.4, 0.5) is 0 Å². The zero-order valence-electron chi connectivity index (χ0n) is 15.6. The van der Waals surface area contributed by atoms with Gasteiger partial charge in [0.25, 0.3) is 0 Å². The van der Waals surface area contributed by atoms with Crippen LogP contribution in [0.5, 0.6) is 17.2 Å². The van der Waals surface area contributed by atoms with Crippen molar-refractivity contribution in [3.63, 3.8) is 0 Å². The van der Waals surface area contributed by atoms with Gasteiger partial charge in [0.1, 0.15) is 27.7 Å². The molecule has 1 N–H and O–H groups in total. The summed E-state index contributed by atoms with van der Waals surface area (Å²) in [5.41, 5.74) is 0.224. The first-order chi connectivity index (χ1) is 12.6. The summed E-state index contributed by atoms with van der Waals surface area (Å²) in [5, 5.41) is 0. The number of benzene rings is 2. The number of rotatable bonds is 5. The summed E-state index contributed by atoms with van der Waals surface area (Å²) in [6.07, 6.45) is 0.475. The molecule has 8 heteroatoms. The van der Waals surface area contributed by atoms with Gasteiger partial charge in [-0.3, -0.25) is 0 Å². The first-order valence-corrected chi connectivity index (χ1v) is 10.7. The average Bonchev–Trinajstić information content (AvgIpc) is 2.60. The van der Waals surface area contributed by atoms with E-state index in [0.717, 1.165) is 5.56 Å². The molecule has 0 aliphatic carbocycles. The molecule has 27 heavy (non-hydrogen) atoms. The fourth-order valence-corrected chi connectivity index (χ4v) is 5.10. The topological polar surface area (TPSA) is 73.9 Å². The van der Waals surface area contributed by atoms with E-state index in [9.17, 15) is 8.42 Å². The van der Waals surface area contributed by atoms with Gasteiger partial charge in [0.05, 0.1) is 20.3 Å². The van der Waals surface area contributed by atoms with E-state index in [4.69, 9.17) is 14.2 Å². The molecule has 0 radical (unpaired) electrons. The van der Waals surface area contributed by atoms with Crippen LogP contribution >= 0.6 is 15.9 Å². The Kier molecular flexibility index (Phi) is 5.42. The summed E-state index contributed by atoms with van der Waals surface area (Å²) >= 11 is 3.32. The fourth-order valence-electron chi connectivity index (χ4n) is 3.18. The largest absolute Gasteiger partial charge is 0.497 e. The lowest BCUT2D eigenvalue weighted by atomic mass is 9.90. The van der Waals surface area contributed by atoms with Crippen molar-refractivity contribution >= 4 is 26.0 Å². The zero-order chi connectivity index (χ0) is 19.8. The molecule has 0 spiro atoms. The normalized spacial score (nSPS) is 18.3. The highest BCUT2D eigenvalue weighted by Crippen LogP contribution is 2.42. The number of nitrogens with one attached hydrogen (secondary N) is 1. The minimum Gasteiger partial charge on any atom is -0.497 e. The molecule has 2 aromatic rings. The summed E-state index contributed by atoms with van der Waals surface area (Å²) < 4.78 is 46.2. The Morgan fingerprint density at radius 2 is 1.89 bits per heavy atom. The average molecular weight is 456 g/mol. The fraction of sp³-hybridized carbons (Fsp3) is 0.368. The number of methoxy groups -OCH3 is 2. The molecular weight excluding hydrogens is 434 g/mol. The summed E-state index contributed by atoms with van der Waals surface area (Å²) in [7, 11) is -0.824. The number of sulfonamides is 1. The Labute approximate surface area is 168 Å². The molecule has 1 atom stereocenters. The second-order valence-electron chi connectivity index (χ2n) is 6.94. The van der Waals surface area contributed by atoms with E-state index < -0.39 is 21.7 Å². The molecule has 0 aromatic heterocycles. The molecule has 6 nitrogen and oxygen atoms in total. The van der Waals surface area contributed by atoms with Crippen LogP contribution in [0.1, 0.15) is 31.9 Å². The van der Waals surface area contributed by atoms with E-state index in [1.165, 1.54) is 13.2 Å². The van der Waals surface area contributed by atoms with E-state index >= 15 is 0 Å². The van der Waals surface area contributed by atoms with Crippen LogP contribution in [-0.4, -0.2) is 28.2 Å². The third-order valence-electron chi connectivity index (χ3n) is 4.39. The Balaban J connectivity index is 2.03. The molecule has 0 saturated heterocycles. The van der Waals surface area contributed by atoms with Crippen molar-refractivity contribution in [3.8, 4) is 17.2 Å². The molecule has 0 unspecified atom stereocenters. The number of hydrogen-bond acceptors (Lipinski definition) is 5.